The van der Waals surface area contributed by atoms with E-state index in [2.05, 4.69) is 0 Å². The molecule has 26 heavy (non-hydrogen) atoms. The van der Waals surface area contributed by atoms with Crippen LogP contribution < -0.4 is 10.5 Å². The minimum Gasteiger partial charge on any atom is -0.466 e. The molecule has 1 aliphatic rings. The summed E-state index contributed by atoms with van der Waals surface area (Å²) < 4.78 is 8.91. The predicted octanol–water partition coefficient (Wildman–Crippen LogP) is 3.24. The van der Waals surface area contributed by atoms with E-state index in [-0.39, 0.29) is 22.1 Å². The van der Waals surface area contributed by atoms with Crippen molar-refractivity contribution in [2.75, 3.05) is 4.90 Å². The van der Waals surface area contributed by atoms with E-state index >= 15 is 0 Å². The molecule has 1 fully saturated rings. The number of carbonyl (C=O) groups excluding carboxylic acids is 1. The maximum atomic E-state index is 13.3. The second-order valence-electron chi connectivity index (χ2n) is 6.26. The third-order valence-corrected chi connectivity index (χ3v) is 6.01. The van der Waals surface area contributed by atoms with Gasteiger partial charge < -0.3 is 4.42 Å². The fraction of sp³-hybridized carbons (Fsp3) is 0.263. The topological polar surface area (TPSA) is 60.4 Å². The number of aromatic nitrogens is 2. The van der Waals surface area contributed by atoms with Gasteiger partial charge in [-0.05, 0) is 38.1 Å². The van der Waals surface area contributed by atoms with Crippen molar-refractivity contribution < 1.29 is 9.21 Å². The molecule has 4 rings (SSSR count). The highest BCUT2D eigenvalue weighted by Crippen LogP contribution is 2.45. The summed E-state index contributed by atoms with van der Waals surface area (Å²) in [6.07, 6.45) is 1.58. The average Bonchev–Trinajstić information content (AvgIpc) is 3.31. The lowest BCUT2D eigenvalue weighted by molar-refractivity contribution is -0.117. The Morgan fingerprint density at radius 2 is 1.81 bits per heavy atom. The Bertz CT molecular complexity index is 1000. The minimum absolute atomic E-state index is 0.0811. The molecule has 2 atom stereocenters. The first-order valence-corrected chi connectivity index (χ1v) is 9.31. The zero-order chi connectivity index (χ0) is 18.4. The van der Waals surface area contributed by atoms with Crippen LogP contribution in [-0.2, 0) is 11.8 Å². The van der Waals surface area contributed by atoms with Gasteiger partial charge >= 0.3 is 0 Å². The highest BCUT2D eigenvalue weighted by Gasteiger charge is 2.43. The van der Waals surface area contributed by atoms with Crippen LogP contribution in [0.1, 0.15) is 23.8 Å². The SMILES string of the molecule is Cc1c(N2C(=O)[C@@H](C)S[C@H]2c2ccco2)c(=O)n(-c2ccccc2)n1C. The standard InChI is InChI=1S/C19H19N3O3S/c1-12-16(18(24)22(20(12)3)14-8-5-4-6-9-14)21-17(23)13(2)26-19(21)15-10-7-11-25-15/h4-11,13,19H,1-3H3/t13-,19+/m1/s1. The number of rotatable bonds is 3. The van der Waals surface area contributed by atoms with Gasteiger partial charge in [-0.25, -0.2) is 4.68 Å². The van der Waals surface area contributed by atoms with Crippen LogP contribution in [0, 0.1) is 6.92 Å². The molecule has 0 bridgehead atoms. The Hall–Kier alpha value is -2.67. The monoisotopic (exact) mass is 369 g/mol. The average molecular weight is 369 g/mol. The second kappa shape index (κ2) is 6.25. The fourth-order valence-corrected chi connectivity index (χ4v) is 4.52. The highest BCUT2D eigenvalue weighted by atomic mass is 32.2. The summed E-state index contributed by atoms with van der Waals surface area (Å²) in [5.74, 6) is 0.587. The third kappa shape index (κ3) is 2.42. The van der Waals surface area contributed by atoms with Crippen LogP contribution in [0.4, 0.5) is 5.69 Å². The van der Waals surface area contributed by atoms with Crippen molar-refractivity contribution in [3.05, 3.63) is 70.5 Å². The molecular formula is C19H19N3O3S. The van der Waals surface area contributed by atoms with Gasteiger partial charge in [0.15, 0.2) is 0 Å². The Labute approximate surface area is 155 Å². The van der Waals surface area contributed by atoms with E-state index in [0.29, 0.717) is 11.4 Å². The summed E-state index contributed by atoms with van der Waals surface area (Å²) in [6.45, 7) is 3.72. The first-order chi connectivity index (χ1) is 12.5. The Morgan fingerprint density at radius 3 is 2.46 bits per heavy atom. The number of hydrogen-bond acceptors (Lipinski definition) is 4. The quantitative estimate of drug-likeness (QED) is 0.711. The van der Waals surface area contributed by atoms with Crippen molar-refractivity contribution in [1.29, 1.82) is 0 Å². The van der Waals surface area contributed by atoms with E-state index in [1.54, 1.807) is 26.6 Å². The third-order valence-electron chi connectivity index (χ3n) is 4.70. The fourth-order valence-electron chi connectivity index (χ4n) is 3.31. The van der Waals surface area contributed by atoms with Crippen molar-refractivity contribution in [1.82, 2.24) is 9.36 Å². The number of carbonyl (C=O) groups is 1. The van der Waals surface area contributed by atoms with Crippen molar-refractivity contribution in [3.63, 3.8) is 0 Å². The second-order valence-corrected chi connectivity index (χ2v) is 7.69. The zero-order valence-corrected chi connectivity index (χ0v) is 15.6. The first-order valence-electron chi connectivity index (χ1n) is 8.36. The van der Waals surface area contributed by atoms with Gasteiger partial charge in [0.05, 0.1) is 22.9 Å². The number of benzene rings is 1. The number of hydrogen-bond donors (Lipinski definition) is 0. The lowest BCUT2D eigenvalue weighted by Gasteiger charge is -2.20. The first kappa shape index (κ1) is 16.8. The highest BCUT2D eigenvalue weighted by molar-refractivity contribution is 8.01. The van der Waals surface area contributed by atoms with E-state index in [1.165, 1.54) is 11.8 Å². The summed E-state index contributed by atoms with van der Waals surface area (Å²) in [4.78, 5) is 27.7. The maximum Gasteiger partial charge on any atom is 0.295 e. The van der Waals surface area contributed by atoms with Gasteiger partial charge in [0, 0.05) is 7.05 Å². The van der Waals surface area contributed by atoms with Gasteiger partial charge in [0.25, 0.3) is 5.56 Å². The van der Waals surface area contributed by atoms with Gasteiger partial charge in [-0.15, -0.1) is 11.8 Å². The molecule has 0 saturated carbocycles. The Morgan fingerprint density at radius 1 is 1.08 bits per heavy atom. The molecule has 6 nitrogen and oxygen atoms in total. The zero-order valence-electron chi connectivity index (χ0n) is 14.7. The molecule has 3 heterocycles. The van der Waals surface area contributed by atoms with Crippen LogP contribution in [0.2, 0.25) is 0 Å². The van der Waals surface area contributed by atoms with Gasteiger partial charge in [-0.1, -0.05) is 18.2 Å². The Balaban J connectivity index is 1.90. The Kier molecular flexibility index (Phi) is 4.03. The maximum absolute atomic E-state index is 13.3. The van der Waals surface area contributed by atoms with E-state index in [9.17, 15) is 9.59 Å². The van der Waals surface area contributed by atoms with Crippen LogP contribution in [0.5, 0.6) is 0 Å². The van der Waals surface area contributed by atoms with E-state index in [0.717, 1.165) is 11.4 Å². The van der Waals surface area contributed by atoms with Gasteiger partial charge in [-0.3, -0.25) is 19.2 Å². The molecule has 1 amide bonds. The van der Waals surface area contributed by atoms with Crippen molar-refractivity contribution in [3.8, 4) is 5.69 Å². The van der Waals surface area contributed by atoms with Gasteiger partial charge in [0.1, 0.15) is 16.8 Å². The molecule has 134 valence electrons. The predicted molar refractivity (Wildman–Crippen MR) is 102 cm³/mol. The lowest BCUT2D eigenvalue weighted by atomic mass is 10.2. The molecule has 0 aliphatic carbocycles. The summed E-state index contributed by atoms with van der Waals surface area (Å²) in [5.41, 5.74) is 1.69. The molecule has 2 aromatic heterocycles. The molecule has 0 N–H and O–H groups in total. The van der Waals surface area contributed by atoms with Crippen molar-refractivity contribution in [2.24, 2.45) is 7.05 Å². The van der Waals surface area contributed by atoms with Crippen molar-refractivity contribution in [2.45, 2.75) is 24.5 Å². The summed E-state index contributed by atoms with van der Waals surface area (Å²) >= 11 is 1.49. The molecule has 0 radical (unpaired) electrons. The van der Waals surface area contributed by atoms with Crippen LogP contribution in [-0.4, -0.2) is 20.5 Å². The van der Waals surface area contributed by atoms with Gasteiger partial charge in [-0.2, -0.15) is 0 Å². The van der Waals surface area contributed by atoms with E-state index in [1.807, 2.05) is 57.3 Å². The molecule has 1 saturated heterocycles. The molecule has 3 aromatic rings. The number of nitrogens with zero attached hydrogens (tertiary/aromatic N) is 3. The molecule has 0 unspecified atom stereocenters. The minimum atomic E-state index is -0.342. The van der Waals surface area contributed by atoms with Gasteiger partial charge in [0.2, 0.25) is 5.91 Å². The van der Waals surface area contributed by atoms with E-state index in [4.69, 9.17) is 4.42 Å². The molecule has 1 aromatic carbocycles. The summed E-state index contributed by atoms with van der Waals surface area (Å²) in [5, 5.41) is -0.584. The number of thioether (sulfide) groups is 1. The molecular weight excluding hydrogens is 350 g/mol. The van der Waals surface area contributed by atoms with Crippen LogP contribution in [0.3, 0.4) is 0 Å². The summed E-state index contributed by atoms with van der Waals surface area (Å²) in [7, 11) is 1.83. The van der Waals surface area contributed by atoms with Crippen molar-refractivity contribution >= 4 is 23.4 Å². The number of para-hydroxylation sites is 1. The lowest BCUT2D eigenvalue weighted by Crippen LogP contribution is -2.34. The normalized spacial score (nSPS) is 20.1. The largest absolute Gasteiger partial charge is 0.466 e. The molecule has 7 heteroatoms. The number of amides is 1. The smallest absolute Gasteiger partial charge is 0.295 e. The van der Waals surface area contributed by atoms with Crippen LogP contribution in [0.15, 0.2) is 57.9 Å². The van der Waals surface area contributed by atoms with E-state index < -0.39 is 0 Å². The number of furan rings is 1. The number of anilines is 1. The summed E-state index contributed by atoms with van der Waals surface area (Å²) in [6, 6.07) is 13.0. The van der Waals surface area contributed by atoms with Crippen LogP contribution >= 0.6 is 11.8 Å². The molecule has 0 spiro atoms. The molecule has 1 aliphatic heterocycles. The van der Waals surface area contributed by atoms with Crippen LogP contribution in [0.25, 0.3) is 5.69 Å².